The van der Waals surface area contributed by atoms with Crippen LogP contribution in [-0.2, 0) is 14.3 Å². The molecule has 0 aromatic carbocycles. The molecule has 0 saturated carbocycles. The van der Waals surface area contributed by atoms with Crippen molar-refractivity contribution in [3.8, 4) is 0 Å². The molecule has 0 aromatic rings. The van der Waals surface area contributed by atoms with E-state index in [1.165, 1.54) is 0 Å². The van der Waals surface area contributed by atoms with Crippen molar-refractivity contribution < 1.29 is 14.3 Å². The lowest BCUT2D eigenvalue weighted by Gasteiger charge is -2.12. The van der Waals surface area contributed by atoms with Gasteiger partial charge in [-0.15, -0.1) is 0 Å². The molecule has 1 rings (SSSR count). The molecule has 1 unspecified atom stereocenters. The number of nitrogens with two attached hydrogens (primary N) is 1. The van der Waals surface area contributed by atoms with Crippen LogP contribution in [0, 0.1) is 0 Å². The lowest BCUT2D eigenvalue weighted by Crippen LogP contribution is -2.11. The Morgan fingerprint density at radius 3 is 2.70 bits per heavy atom. The highest BCUT2D eigenvalue weighted by atomic mass is 16.5. The van der Waals surface area contributed by atoms with Crippen molar-refractivity contribution in [2.75, 3.05) is 0 Å². The first-order chi connectivity index (χ1) is 9.52. The van der Waals surface area contributed by atoms with E-state index in [9.17, 15) is 9.59 Å². The molecule has 1 atom stereocenters. The van der Waals surface area contributed by atoms with Gasteiger partial charge in [0.2, 0.25) is 5.91 Å². The molecule has 110 valence electrons. The molecule has 1 aliphatic carbocycles. The lowest BCUT2D eigenvalue weighted by atomic mass is 10.0. The summed E-state index contributed by atoms with van der Waals surface area (Å²) in [7, 11) is 0. The van der Waals surface area contributed by atoms with Gasteiger partial charge in [0.1, 0.15) is 5.76 Å². The van der Waals surface area contributed by atoms with Gasteiger partial charge in [0.15, 0.2) is 5.78 Å². The fraction of sp³-hybridized carbons (Fsp3) is 0.500. The molecule has 0 radical (unpaired) electrons. The van der Waals surface area contributed by atoms with E-state index in [0.29, 0.717) is 24.8 Å². The minimum atomic E-state index is -0.367. The molecule has 4 nitrogen and oxygen atoms in total. The summed E-state index contributed by atoms with van der Waals surface area (Å²) >= 11 is 0. The molecule has 1 amide bonds. The van der Waals surface area contributed by atoms with Crippen molar-refractivity contribution in [3.05, 3.63) is 35.6 Å². The van der Waals surface area contributed by atoms with E-state index in [-0.39, 0.29) is 24.2 Å². The van der Waals surface area contributed by atoms with Gasteiger partial charge in [-0.25, -0.2) is 0 Å². The number of amides is 1. The highest BCUT2D eigenvalue weighted by Gasteiger charge is 2.10. The molecule has 0 aromatic heterocycles. The Bertz CT molecular complexity index is 447. The zero-order chi connectivity index (χ0) is 15.0. The minimum Gasteiger partial charge on any atom is -0.491 e. The van der Waals surface area contributed by atoms with Crippen LogP contribution in [0.4, 0.5) is 0 Å². The smallest absolute Gasteiger partial charge is 0.217 e. The van der Waals surface area contributed by atoms with E-state index in [4.69, 9.17) is 10.5 Å². The number of hydrogen-bond acceptors (Lipinski definition) is 3. The second-order valence-corrected chi connectivity index (χ2v) is 4.91. The van der Waals surface area contributed by atoms with Crippen molar-refractivity contribution in [3.63, 3.8) is 0 Å². The zero-order valence-electron chi connectivity index (χ0n) is 12.2. The average Bonchev–Trinajstić information content (AvgIpc) is 2.63. The molecular weight excluding hydrogens is 254 g/mol. The molecule has 0 aliphatic heterocycles. The number of ketones is 1. The molecule has 0 saturated heterocycles. The molecule has 0 heterocycles. The molecule has 0 spiro atoms. The number of ether oxygens (including phenoxy) is 1. The highest BCUT2D eigenvalue weighted by molar-refractivity contribution is 5.98. The van der Waals surface area contributed by atoms with E-state index in [2.05, 4.69) is 6.92 Å². The van der Waals surface area contributed by atoms with Crippen LogP contribution in [0.25, 0.3) is 0 Å². The highest BCUT2D eigenvalue weighted by Crippen LogP contribution is 2.16. The van der Waals surface area contributed by atoms with Crippen molar-refractivity contribution in [1.29, 1.82) is 0 Å². The third-order valence-electron chi connectivity index (χ3n) is 3.15. The number of primary amides is 1. The Morgan fingerprint density at radius 2 is 2.05 bits per heavy atom. The number of Topliss-reactive ketones (excluding diaryl/α,β-unsaturated/α-hetero) is 1. The van der Waals surface area contributed by atoms with Crippen LogP contribution in [0.5, 0.6) is 0 Å². The third-order valence-corrected chi connectivity index (χ3v) is 3.15. The van der Waals surface area contributed by atoms with Crippen LogP contribution >= 0.6 is 0 Å². The van der Waals surface area contributed by atoms with Gasteiger partial charge < -0.3 is 10.5 Å². The van der Waals surface area contributed by atoms with Gasteiger partial charge in [-0.3, -0.25) is 9.59 Å². The van der Waals surface area contributed by atoms with E-state index < -0.39 is 0 Å². The first kappa shape index (κ1) is 16.2. The van der Waals surface area contributed by atoms with Gasteiger partial charge in [0.05, 0.1) is 6.10 Å². The van der Waals surface area contributed by atoms with Crippen LogP contribution in [0.2, 0.25) is 0 Å². The Labute approximate surface area is 120 Å². The van der Waals surface area contributed by atoms with E-state index >= 15 is 0 Å². The van der Waals surface area contributed by atoms with E-state index in [1.54, 1.807) is 6.08 Å². The van der Waals surface area contributed by atoms with Gasteiger partial charge >= 0.3 is 0 Å². The largest absolute Gasteiger partial charge is 0.491 e. The number of carbonyl (C=O) groups is 2. The van der Waals surface area contributed by atoms with Gasteiger partial charge in [-0.05, 0) is 44.4 Å². The molecule has 4 heteroatoms. The topological polar surface area (TPSA) is 69.4 Å². The predicted molar refractivity (Wildman–Crippen MR) is 78.8 cm³/mol. The first-order valence-corrected chi connectivity index (χ1v) is 7.09. The summed E-state index contributed by atoms with van der Waals surface area (Å²) in [6.45, 7) is 4.08. The average molecular weight is 277 g/mol. The van der Waals surface area contributed by atoms with Gasteiger partial charge in [-0.1, -0.05) is 13.0 Å². The number of rotatable bonds is 8. The second kappa shape index (κ2) is 8.35. The summed E-state index contributed by atoms with van der Waals surface area (Å²) in [5, 5.41) is 0. The maximum atomic E-state index is 12.0. The zero-order valence-corrected chi connectivity index (χ0v) is 12.2. The van der Waals surface area contributed by atoms with Crippen LogP contribution in [0.15, 0.2) is 35.6 Å². The van der Waals surface area contributed by atoms with Gasteiger partial charge in [0.25, 0.3) is 0 Å². The number of carbonyl (C=O) groups excluding carboxylic acids is 2. The van der Waals surface area contributed by atoms with Crippen LogP contribution < -0.4 is 5.73 Å². The van der Waals surface area contributed by atoms with Crippen LogP contribution in [0.1, 0.15) is 46.0 Å². The Balaban J connectivity index is 2.50. The summed E-state index contributed by atoms with van der Waals surface area (Å²) in [5.41, 5.74) is 5.73. The monoisotopic (exact) mass is 277 g/mol. The molecule has 1 aliphatic rings. The van der Waals surface area contributed by atoms with Gasteiger partial charge in [0, 0.05) is 18.4 Å². The molecule has 0 bridgehead atoms. The third kappa shape index (κ3) is 5.87. The Hall–Kier alpha value is -1.84. The standard InChI is InChI=1S/C16H23NO3/c1-3-12(2)20-14-7-4-6-13(10-11-14)15(18)8-5-9-16(17)19/h6-7,10-12H,3-5,8-9H2,1-2H3,(H2,17,19). The predicted octanol–water partition coefficient (Wildman–Crippen LogP) is 2.80. The maximum Gasteiger partial charge on any atom is 0.217 e. The van der Waals surface area contributed by atoms with Gasteiger partial charge in [-0.2, -0.15) is 0 Å². The Morgan fingerprint density at radius 1 is 1.30 bits per heavy atom. The molecule has 0 fully saturated rings. The fourth-order valence-electron chi connectivity index (χ4n) is 1.79. The Kier molecular flexibility index (Phi) is 6.77. The van der Waals surface area contributed by atoms with Crippen molar-refractivity contribution in [2.45, 2.75) is 52.1 Å². The fourth-order valence-corrected chi connectivity index (χ4v) is 1.79. The summed E-state index contributed by atoms with van der Waals surface area (Å²) < 4.78 is 5.73. The summed E-state index contributed by atoms with van der Waals surface area (Å²) in [6, 6.07) is 0. The quantitative estimate of drug-likeness (QED) is 0.741. The first-order valence-electron chi connectivity index (χ1n) is 7.09. The summed E-state index contributed by atoms with van der Waals surface area (Å²) in [4.78, 5) is 22.6. The van der Waals surface area contributed by atoms with Crippen LogP contribution in [0.3, 0.4) is 0 Å². The van der Waals surface area contributed by atoms with E-state index in [1.807, 2.05) is 25.2 Å². The number of hydrogen-bond donors (Lipinski definition) is 1. The van der Waals surface area contributed by atoms with Crippen molar-refractivity contribution in [2.24, 2.45) is 5.73 Å². The molecular formula is C16H23NO3. The number of allylic oxidation sites excluding steroid dienone is 5. The summed E-state index contributed by atoms with van der Waals surface area (Å²) in [6.07, 6.45) is 10.4. The lowest BCUT2D eigenvalue weighted by molar-refractivity contribution is -0.118. The van der Waals surface area contributed by atoms with E-state index in [0.717, 1.165) is 12.2 Å². The van der Waals surface area contributed by atoms with Crippen molar-refractivity contribution in [1.82, 2.24) is 0 Å². The molecule has 20 heavy (non-hydrogen) atoms. The summed E-state index contributed by atoms with van der Waals surface area (Å²) in [5.74, 6) is 0.477. The van der Waals surface area contributed by atoms with Crippen LogP contribution in [-0.4, -0.2) is 17.8 Å². The second-order valence-electron chi connectivity index (χ2n) is 4.91. The molecule has 2 N–H and O–H groups in total. The minimum absolute atomic E-state index is 0.0423. The SMILES string of the molecule is CCC(C)OC1=CCC=C(C(=O)CCCC(N)=O)C=C1. The normalized spacial score (nSPS) is 15.9. The maximum absolute atomic E-state index is 12.0. The van der Waals surface area contributed by atoms with Crippen molar-refractivity contribution >= 4 is 11.7 Å².